The number of aromatic hydroxyl groups is 1. The van der Waals surface area contributed by atoms with Gasteiger partial charge in [0.15, 0.2) is 11.9 Å². The van der Waals surface area contributed by atoms with Gasteiger partial charge < -0.3 is 14.9 Å². The van der Waals surface area contributed by atoms with Crippen LogP contribution < -0.4 is 9.80 Å². The summed E-state index contributed by atoms with van der Waals surface area (Å²) >= 11 is 1.45. The molecule has 3 aromatic rings. The first kappa shape index (κ1) is 18.8. The monoisotopic (exact) mass is 404 g/mol. The third-order valence-electron chi connectivity index (χ3n) is 5.41. The normalized spacial score (nSPS) is 21.1. The van der Waals surface area contributed by atoms with Crippen LogP contribution in [0.15, 0.2) is 24.3 Å². The quantitative estimate of drug-likeness (QED) is 0.392. The van der Waals surface area contributed by atoms with Crippen LogP contribution >= 0.6 is 11.3 Å². The fourth-order valence-electron chi connectivity index (χ4n) is 3.78. The van der Waals surface area contributed by atoms with Crippen LogP contribution in [-0.2, 0) is 6.42 Å². The van der Waals surface area contributed by atoms with Gasteiger partial charge in [0.2, 0.25) is 10.8 Å². The number of nitrogens with one attached hydrogen (secondary N) is 2. The van der Waals surface area contributed by atoms with Crippen molar-refractivity contribution in [2.24, 2.45) is 0 Å². The molecule has 1 saturated heterocycles. The van der Waals surface area contributed by atoms with Gasteiger partial charge in [-0.05, 0) is 12.1 Å². The average molecular weight is 404 g/mol. The summed E-state index contributed by atoms with van der Waals surface area (Å²) in [6, 6.07) is 6.56. The average Bonchev–Trinajstić information content (AvgIpc) is 3.23. The van der Waals surface area contributed by atoms with E-state index in [1.807, 2.05) is 6.92 Å². The molecule has 3 N–H and O–H groups in total. The minimum Gasteiger partial charge on any atom is -0.492 e. The number of thiazole rings is 1. The molecule has 1 atom stereocenters. The second kappa shape index (κ2) is 7.46. The van der Waals surface area contributed by atoms with E-state index in [0.29, 0.717) is 17.2 Å². The molecular formula is C18H24N6O3S+2. The lowest BCUT2D eigenvalue weighted by atomic mass is 10.0. The second-order valence-electron chi connectivity index (χ2n) is 7.26. The number of rotatable bonds is 5. The van der Waals surface area contributed by atoms with Crippen LogP contribution in [0.3, 0.4) is 0 Å². The molecule has 2 aromatic heterocycles. The Kier molecular flexibility index (Phi) is 5.00. The third kappa shape index (κ3) is 3.34. The molecule has 1 aliphatic rings. The lowest BCUT2D eigenvalue weighted by Crippen LogP contribution is -3.27. The number of hydrogen-bond donors (Lipinski definition) is 3. The van der Waals surface area contributed by atoms with Crippen LogP contribution in [0.4, 0.5) is 5.69 Å². The Balaban J connectivity index is 1.77. The molecule has 28 heavy (non-hydrogen) atoms. The largest absolute Gasteiger partial charge is 0.492 e. The van der Waals surface area contributed by atoms with Crippen molar-refractivity contribution in [3.63, 3.8) is 0 Å². The second-order valence-corrected chi connectivity index (χ2v) is 8.27. The number of benzene rings is 1. The van der Waals surface area contributed by atoms with Crippen molar-refractivity contribution in [2.75, 3.05) is 33.2 Å². The molecule has 0 saturated carbocycles. The number of hydrogen-bond acceptors (Lipinski definition) is 6. The molecule has 1 aliphatic heterocycles. The summed E-state index contributed by atoms with van der Waals surface area (Å²) in [6.45, 7) is 5.98. The topological polar surface area (TPSA) is 102 Å². The van der Waals surface area contributed by atoms with E-state index in [0.717, 1.165) is 36.6 Å². The Morgan fingerprint density at radius 1 is 1.29 bits per heavy atom. The van der Waals surface area contributed by atoms with Crippen molar-refractivity contribution < 1.29 is 19.8 Å². The maximum absolute atomic E-state index is 11.0. The highest BCUT2D eigenvalue weighted by Gasteiger charge is 2.35. The number of fused-ring (bicyclic) bond motifs is 1. The highest BCUT2D eigenvalue weighted by molar-refractivity contribution is 7.17. The first-order valence-corrected chi connectivity index (χ1v) is 10.3. The summed E-state index contributed by atoms with van der Waals surface area (Å²) in [4.78, 5) is 19.4. The van der Waals surface area contributed by atoms with Crippen LogP contribution in [-0.4, -0.2) is 57.9 Å². The first-order chi connectivity index (χ1) is 13.5. The predicted molar refractivity (Wildman–Crippen MR) is 104 cm³/mol. The van der Waals surface area contributed by atoms with Crippen molar-refractivity contribution in [1.29, 1.82) is 0 Å². The van der Waals surface area contributed by atoms with Crippen molar-refractivity contribution in [3.8, 4) is 5.88 Å². The molecule has 0 radical (unpaired) electrons. The number of quaternary nitrogens is 2. The Morgan fingerprint density at radius 2 is 1.96 bits per heavy atom. The van der Waals surface area contributed by atoms with Crippen molar-refractivity contribution in [3.05, 3.63) is 50.6 Å². The Hall–Kier alpha value is -2.56. The van der Waals surface area contributed by atoms with Gasteiger partial charge in [0.05, 0.1) is 12.0 Å². The maximum atomic E-state index is 11.0. The van der Waals surface area contributed by atoms with Crippen molar-refractivity contribution in [2.45, 2.75) is 19.4 Å². The molecule has 148 valence electrons. The van der Waals surface area contributed by atoms with Gasteiger partial charge in [-0.3, -0.25) is 10.1 Å². The summed E-state index contributed by atoms with van der Waals surface area (Å²) in [6.07, 6.45) is 0.710. The van der Waals surface area contributed by atoms with Crippen LogP contribution in [0.1, 0.15) is 29.2 Å². The molecule has 0 unspecified atom stereocenters. The summed E-state index contributed by atoms with van der Waals surface area (Å²) < 4.78 is 1.51. The fraction of sp³-hybridized carbons (Fsp3) is 0.444. The van der Waals surface area contributed by atoms with Crippen LogP contribution in [0.2, 0.25) is 0 Å². The highest BCUT2D eigenvalue weighted by atomic mass is 32.1. The maximum Gasteiger partial charge on any atom is 0.269 e. The number of likely N-dealkylation sites (N-methyl/N-ethyl adjacent to an activating group) is 1. The van der Waals surface area contributed by atoms with E-state index in [1.165, 1.54) is 37.8 Å². The number of nitrogens with zero attached hydrogens (tertiary/aromatic N) is 4. The standard InChI is InChI=1S/C18H22N6O3S/c1-3-14-19-18-23(20-14)17(25)16(28-18)15(22-10-8-21(2)9-11-22)12-4-6-13(7-5-12)24(26)27/h4-7,15,25H,3,8-11H2,1-2H3/p+2/t15-/m1/s1. The highest BCUT2D eigenvalue weighted by Crippen LogP contribution is 2.35. The minimum atomic E-state index is -0.391. The van der Waals surface area contributed by atoms with E-state index in [2.05, 4.69) is 17.1 Å². The summed E-state index contributed by atoms with van der Waals surface area (Å²) in [7, 11) is 2.19. The summed E-state index contributed by atoms with van der Waals surface area (Å²) in [5.41, 5.74) is 1.02. The van der Waals surface area contributed by atoms with Crippen molar-refractivity contribution >= 4 is 22.0 Å². The number of aryl methyl sites for hydroxylation is 1. The molecular weight excluding hydrogens is 380 g/mol. The van der Waals surface area contributed by atoms with E-state index < -0.39 is 4.92 Å². The number of nitro groups is 1. The van der Waals surface area contributed by atoms with E-state index >= 15 is 0 Å². The van der Waals surface area contributed by atoms with Crippen molar-refractivity contribution in [1.82, 2.24) is 14.6 Å². The smallest absolute Gasteiger partial charge is 0.269 e. The zero-order valence-corrected chi connectivity index (χ0v) is 16.7. The van der Waals surface area contributed by atoms with Gasteiger partial charge in [0.25, 0.3) is 5.69 Å². The predicted octanol–water partition coefficient (Wildman–Crippen LogP) is -0.530. The molecule has 0 spiro atoms. The van der Waals surface area contributed by atoms with Gasteiger partial charge in [0.1, 0.15) is 31.1 Å². The van der Waals surface area contributed by atoms with Crippen LogP contribution in [0.25, 0.3) is 4.96 Å². The molecule has 9 nitrogen and oxygen atoms in total. The summed E-state index contributed by atoms with van der Waals surface area (Å²) in [5, 5.41) is 26.3. The number of nitro benzene ring substituents is 1. The van der Waals surface area contributed by atoms with E-state index in [9.17, 15) is 15.2 Å². The molecule has 0 bridgehead atoms. The number of aromatic nitrogens is 3. The van der Waals surface area contributed by atoms with Gasteiger partial charge in [-0.15, -0.1) is 5.10 Å². The van der Waals surface area contributed by atoms with Gasteiger partial charge in [0, 0.05) is 24.1 Å². The molecule has 3 heterocycles. The van der Waals surface area contributed by atoms with Gasteiger partial charge in [-0.25, -0.2) is 4.98 Å². The number of piperazine rings is 1. The van der Waals surface area contributed by atoms with Gasteiger partial charge in [-0.2, -0.15) is 4.52 Å². The zero-order chi connectivity index (χ0) is 19.8. The Morgan fingerprint density at radius 3 is 2.54 bits per heavy atom. The molecule has 4 rings (SSSR count). The molecule has 1 fully saturated rings. The SMILES string of the molecule is CCc1nc2sc([C@@H](c3ccc([N+](=O)[O-])cc3)[NH+]3CC[NH+](C)CC3)c(O)n2n1. The molecule has 0 aliphatic carbocycles. The minimum absolute atomic E-state index is 0.0692. The molecule has 0 amide bonds. The lowest BCUT2D eigenvalue weighted by Gasteiger charge is -2.33. The van der Waals surface area contributed by atoms with E-state index in [4.69, 9.17) is 0 Å². The van der Waals surface area contributed by atoms with Gasteiger partial charge >= 0.3 is 0 Å². The van der Waals surface area contributed by atoms with Gasteiger partial charge in [-0.1, -0.05) is 18.3 Å². The molecule has 1 aromatic carbocycles. The van der Waals surface area contributed by atoms with Crippen LogP contribution in [0, 0.1) is 10.1 Å². The number of non-ortho nitro benzene ring substituents is 1. The third-order valence-corrected chi connectivity index (χ3v) is 6.50. The fourth-order valence-corrected chi connectivity index (χ4v) is 4.94. The Labute approximate surface area is 166 Å². The first-order valence-electron chi connectivity index (χ1n) is 9.45. The van der Waals surface area contributed by atoms with E-state index in [1.54, 1.807) is 12.1 Å². The van der Waals surface area contributed by atoms with E-state index in [-0.39, 0.29) is 17.6 Å². The lowest BCUT2D eigenvalue weighted by molar-refractivity contribution is -1.02. The summed E-state index contributed by atoms with van der Waals surface area (Å²) in [5.74, 6) is 0.824. The zero-order valence-electron chi connectivity index (χ0n) is 15.9. The van der Waals surface area contributed by atoms with Crippen LogP contribution in [0.5, 0.6) is 5.88 Å². The molecule has 10 heteroatoms. The Bertz CT molecular complexity index is 991.